The summed E-state index contributed by atoms with van der Waals surface area (Å²) in [4.78, 5) is 27.0. The molecule has 0 atom stereocenters. The lowest BCUT2D eigenvalue weighted by molar-refractivity contribution is -0.170. The zero-order valence-corrected chi connectivity index (χ0v) is 10.3. The highest BCUT2D eigenvalue weighted by Crippen LogP contribution is 2.28. The number of hydroxylamine groups is 2. The molecule has 1 saturated carbocycles. The Kier molecular flexibility index (Phi) is 5.21. The number of nitrogens with two attached hydrogens (primary N) is 1. The normalized spacial score (nSPS) is 24.1. The van der Waals surface area contributed by atoms with Crippen molar-refractivity contribution in [2.45, 2.75) is 38.2 Å². The van der Waals surface area contributed by atoms with Gasteiger partial charge in [0.05, 0.1) is 7.11 Å². The van der Waals surface area contributed by atoms with Gasteiger partial charge in [0.2, 0.25) is 5.91 Å². The Bertz CT molecular complexity index is 275. The van der Waals surface area contributed by atoms with E-state index < -0.39 is 6.09 Å². The second kappa shape index (κ2) is 6.44. The van der Waals surface area contributed by atoms with Crippen LogP contribution in [-0.2, 0) is 14.4 Å². The Hall–Kier alpha value is -1.30. The molecule has 0 spiro atoms. The molecule has 0 aliphatic heterocycles. The number of amides is 2. The fourth-order valence-electron chi connectivity index (χ4n) is 2.10. The highest BCUT2D eigenvalue weighted by Gasteiger charge is 2.25. The van der Waals surface area contributed by atoms with Crippen LogP contribution in [0.4, 0.5) is 4.79 Å². The summed E-state index contributed by atoms with van der Waals surface area (Å²) in [5.74, 6) is 0.319. The van der Waals surface area contributed by atoms with Crippen molar-refractivity contribution in [3.63, 3.8) is 0 Å². The zero-order chi connectivity index (χ0) is 12.8. The number of carbonyl (C=O) groups is 2. The molecule has 0 aromatic heterocycles. The molecule has 0 aromatic carbocycles. The summed E-state index contributed by atoms with van der Waals surface area (Å²) >= 11 is 0. The number of nitrogens with zero attached hydrogens (tertiary/aromatic N) is 1. The van der Waals surface area contributed by atoms with E-state index in [4.69, 9.17) is 15.3 Å². The van der Waals surface area contributed by atoms with Crippen LogP contribution in [0.15, 0.2) is 0 Å². The van der Waals surface area contributed by atoms with Crippen molar-refractivity contribution < 1.29 is 19.2 Å². The van der Waals surface area contributed by atoms with Gasteiger partial charge in [0, 0.05) is 13.5 Å². The summed E-state index contributed by atoms with van der Waals surface area (Å²) in [7, 11) is 3.07. The molecule has 6 heteroatoms. The second-order valence-electron chi connectivity index (χ2n) is 4.36. The van der Waals surface area contributed by atoms with E-state index in [-0.39, 0.29) is 12.0 Å². The summed E-state index contributed by atoms with van der Waals surface area (Å²) in [6.07, 6.45) is 2.98. The third kappa shape index (κ3) is 4.60. The average Bonchev–Trinajstić information content (AvgIpc) is 2.30. The highest BCUT2D eigenvalue weighted by atomic mass is 16.7. The SMILES string of the molecule is CON(C)C(=O)CC1CCC(OC(N)=O)CC1. The molecular formula is C11H20N2O4. The number of rotatable bonds is 4. The first kappa shape index (κ1) is 13.8. The predicted molar refractivity (Wildman–Crippen MR) is 60.8 cm³/mol. The first-order valence-corrected chi connectivity index (χ1v) is 5.79. The zero-order valence-electron chi connectivity index (χ0n) is 10.3. The van der Waals surface area contributed by atoms with Crippen LogP contribution in [0.1, 0.15) is 32.1 Å². The smallest absolute Gasteiger partial charge is 0.404 e. The van der Waals surface area contributed by atoms with Gasteiger partial charge in [-0.25, -0.2) is 9.86 Å². The molecule has 1 aliphatic carbocycles. The minimum Gasteiger partial charge on any atom is -0.446 e. The van der Waals surface area contributed by atoms with E-state index >= 15 is 0 Å². The molecule has 1 fully saturated rings. The van der Waals surface area contributed by atoms with Crippen LogP contribution in [0.2, 0.25) is 0 Å². The maximum atomic E-state index is 11.6. The lowest BCUT2D eigenvalue weighted by atomic mass is 9.85. The van der Waals surface area contributed by atoms with E-state index in [2.05, 4.69) is 0 Å². The molecular weight excluding hydrogens is 224 g/mol. The van der Waals surface area contributed by atoms with E-state index in [9.17, 15) is 9.59 Å². The Morgan fingerprint density at radius 3 is 2.35 bits per heavy atom. The molecule has 6 nitrogen and oxygen atoms in total. The van der Waals surface area contributed by atoms with Crippen molar-refractivity contribution in [1.82, 2.24) is 5.06 Å². The van der Waals surface area contributed by atoms with Gasteiger partial charge in [-0.2, -0.15) is 0 Å². The standard InChI is InChI=1S/C11H20N2O4/c1-13(16-2)10(14)7-8-3-5-9(6-4-8)17-11(12)15/h8-9H,3-7H2,1-2H3,(H2,12,15). The van der Waals surface area contributed by atoms with E-state index in [1.165, 1.54) is 12.2 Å². The van der Waals surface area contributed by atoms with E-state index in [1.807, 2.05) is 0 Å². The minimum absolute atomic E-state index is 0.0215. The summed E-state index contributed by atoms with van der Waals surface area (Å²) in [5, 5.41) is 1.24. The molecule has 0 radical (unpaired) electrons. The molecule has 2 amide bonds. The Morgan fingerprint density at radius 2 is 1.88 bits per heavy atom. The fraction of sp³-hybridized carbons (Fsp3) is 0.818. The van der Waals surface area contributed by atoms with Crippen molar-refractivity contribution in [2.24, 2.45) is 11.7 Å². The van der Waals surface area contributed by atoms with Gasteiger partial charge in [-0.05, 0) is 31.6 Å². The van der Waals surface area contributed by atoms with Crippen molar-refractivity contribution in [1.29, 1.82) is 0 Å². The Labute approximate surface area is 101 Å². The van der Waals surface area contributed by atoms with Crippen LogP contribution in [0.5, 0.6) is 0 Å². The van der Waals surface area contributed by atoms with E-state index in [1.54, 1.807) is 7.05 Å². The molecule has 2 N–H and O–H groups in total. The summed E-state index contributed by atoms with van der Waals surface area (Å²) in [5.41, 5.74) is 4.96. The van der Waals surface area contributed by atoms with Crippen LogP contribution in [0.25, 0.3) is 0 Å². The van der Waals surface area contributed by atoms with Gasteiger partial charge < -0.3 is 10.5 Å². The molecule has 1 rings (SSSR count). The molecule has 0 bridgehead atoms. The molecule has 0 unspecified atom stereocenters. The second-order valence-corrected chi connectivity index (χ2v) is 4.36. The summed E-state index contributed by atoms with van der Waals surface area (Å²) in [6, 6.07) is 0. The quantitative estimate of drug-likeness (QED) is 0.749. The molecule has 0 aromatic rings. The van der Waals surface area contributed by atoms with Crippen molar-refractivity contribution in [3.05, 3.63) is 0 Å². The summed E-state index contributed by atoms with van der Waals surface area (Å²) < 4.78 is 4.93. The van der Waals surface area contributed by atoms with Crippen LogP contribution in [-0.4, -0.2) is 37.3 Å². The van der Waals surface area contributed by atoms with Gasteiger partial charge in [0.25, 0.3) is 0 Å². The van der Waals surface area contributed by atoms with Crippen LogP contribution >= 0.6 is 0 Å². The van der Waals surface area contributed by atoms with Crippen LogP contribution < -0.4 is 5.73 Å². The maximum Gasteiger partial charge on any atom is 0.404 e. The molecule has 0 heterocycles. The predicted octanol–water partition coefficient (Wildman–Crippen LogP) is 1.05. The van der Waals surface area contributed by atoms with Crippen LogP contribution in [0, 0.1) is 5.92 Å². The van der Waals surface area contributed by atoms with Gasteiger partial charge in [-0.1, -0.05) is 0 Å². The van der Waals surface area contributed by atoms with Gasteiger partial charge in [-0.3, -0.25) is 9.63 Å². The lowest BCUT2D eigenvalue weighted by Gasteiger charge is -2.28. The lowest BCUT2D eigenvalue weighted by Crippen LogP contribution is -2.31. The third-order valence-electron chi connectivity index (χ3n) is 3.16. The van der Waals surface area contributed by atoms with Gasteiger partial charge in [-0.15, -0.1) is 0 Å². The van der Waals surface area contributed by atoms with Gasteiger partial charge >= 0.3 is 6.09 Å². The van der Waals surface area contributed by atoms with Crippen molar-refractivity contribution in [3.8, 4) is 0 Å². The highest BCUT2D eigenvalue weighted by molar-refractivity contribution is 5.75. The topological polar surface area (TPSA) is 81.9 Å². The van der Waals surface area contributed by atoms with Crippen molar-refractivity contribution in [2.75, 3.05) is 14.2 Å². The third-order valence-corrected chi connectivity index (χ3v) is 3.16. The number of carbonyl (C=O) groups excluding carboxylic acids is 2. The fourth-order valence-corrected chi connectivity index (χ4v) is 2.10. The number of primary amides is 1. The van der Waals surface area contributed by atoms with E-state index in [0.29, 0.717) is 12.3 Å². The molecule has 17 heavy (non-hydrogen) atoms. The molecule has 98 valence electrons. The monoisotopic (exact) mass is 244 g/mol. The average molecular weight is 244 g/mol. The van der Waals surface area contributed by atoms with E-state index in [0.717, 1.165) is 25.7 Å². The number of ether oxygens (including phenoxy) is 1. The Morgan fingerprint density at radius 1 is 1.29 bits per heavy atom. The largest absolute Gasteiger partial charge is 0.446 e. The van der Waals surface area contributed by atoms with Gasteiger partial charge in [0.15, 0.2) is 0 Å². The van der Waals surface area contributed by atoms with Crippen molar-refractivity contribution >= 4 is 12.0 Å². The summed E-state index contributed by atoms with van der Waals surface area (Å²) in [6.45, 7) is 0. The molecule has 0 saturated heterocycles. The first-order chi connectivity index (χ1) is 8.02. The van der Waals surface area contributed by atoms with Gasteiger partial charge in [0.1, 0.15) is 6.10 Å². The maximum absolute atomic E-state index is 11.6. The Balaban J connectivity index is 2.27. The molecule has 1 aliphatic rings. The number of hydrogen-bond acceptors (Lipinski definition) is 4. The van der Waals surface area contributed by atoms with Crippen LogP contribution in [0.3, 0.4) is 0 Å². The minimum atomic E-state index is -0.719. The first-order valence-electron chi connectivity index (χ1n) is 5.79. The number of hydrogen-bond donors (Lipinski definition) is 1.